The molecule has 548 valence electrons. The van der Waals surface area contributed by atoms with E-state index >= 15 is 9.59 Å². The van der Waals surface area contributed by atoms with Crippen LogP contribution in [0, 0.1) is 17.8 Å². The van der Waals surface area contributed by atoms with Gasteiger partial charge in [-0.15, -0.1) is 0 Å². The minimum atomic E-state index is -4.79. The first-order valence-electron chi connectivity index (χ1n) is 34.0. The summed E-state index contributed by atoms with van der Waals surface area (Å²) in [5, 5.41) is 18.4. The molecule has 4 rings (SSSR count). The number of hydrogen-bond acceptors (Lipinski definition) is 14. The van der Waals surface area contributed by atoms with Crippen molar-refractivity contribution in [3.05, 3.63) is 34.3 Å². The molecule has 0 aromatic heterocycles. The van der Waals surface area contributed by atoms with Gasteiger partial charge in [0.2, 0.25) is 65.0 Å². The molecule has 4 N–H and O–H groups in total. The molecule has 0 radical (unpaired) electrons. The van der Waals surface area contributed by atoms with E-state index in [2.05, 4.69) is 16.0 Å². The lowest BCUT2D eigenvalue weighted by Crippen LogP contribution is -2.65. The van der Waals surface area contributed by atoms with Gasteiger partial charge in [-0.25, -0.2) is 0 Å². The Morgan fingerprint density at radius 2 is 1.34 bits per heavy atom. The Bertz CT molecular complexity index is 2930. The predicted octanol–water partition coefficient (Wildman–Crippen LogP) is 4.51. The minimum absolute atomic E-state index is 0.115. The molecule has 1 aromatic carbocycles. The standard InChI is InChI=1S/C68H109ClF3N11O14/c1-18-32-96-39-52-61(90)76(12)37-53(84)73-49(26-24-46-23-25-47(48(69)36-46)68(70,71)72)60(89)82(31-33-97-40-66(10,11)95)38-54(85)75-67(28-21-22-29-67)65(94)81(17)57(43(7)20-3)64(93)77(13)44(8)35-55(86)79(15)51(34-41(4)5)58(87)74-56(42(6)19-2)63(92)78(14)45(9)59(88)83-30-27-50(83)62(91)80(52)16/h23,25,36,41-45,49-52,56-57,95H,18-22,24,26-35,37-40H2,1-17H3,(H,73,84)(H,74,87)(H,75,85)/t42-,43-,44+,45-,49-,50-,51-,52-,56-,57-/m0/s1. The number of fused-ring (bicyclic) bond motifs is 1. The van der Waals surface area contributed by atoms with Crippen molar-refractivity contribution in [1.82, 2.24) is 55.1 Å². The van der Waals surface area contributed by atoms with Crippen molar-refractivity contribution < 1.29 is 80.5 Å². The van der Waals surface area contributed by atoms with Crippen molar-refractivity contribution in [2.24, 2.45) is 17.8 Å². The number of aryl methyl sites for hydroxylation is 1. The van der Waals surface area contributed by atoms with E-state index in [0.717, 1.165) is 26.8 Å². The van der Waals surface area contributed by atoms with Gasteiger partial charge in [0.1, 0.15) is 47.8 Å². The van der Waals surface area contributed by atoms with Gasteiger partial charge < -0.3 is 69.7 Å². The highest BCUT2D eigenvalue weighted by Crippen LogP contribution is 2.36. The smallest absolute Gasteiger partial charge is 0.388 e. The number of carbonyl (C=O) groups is 11. The molecule has 97 heavy (non-hydrogen) atoms. The molecule has 2 aliphatic heterocycles. The van der Waals surface area contributed by atoms with Gasteiger partial charge in [-0.2, -0.15) is 13.2 Å². The zero-order valence-corrected chi connectivity index (χ0v) is 60.8. The number of rotatable bonds is 18. The number of likely N-dealkylation sites (N-methyl/N-ethyl adjacent to an activating group) is 6. The summed E-state index contributed by atoms with van der Waals surface area (Å²) >= 11 is 6.13. The maximum atomic E-state index is 15.3. The van der Waals surface area contributed by atoms with Gasteiger partial charge in [0.25, 0.3) is 0 Å². The van der Waals surface area contributed by atoms with E-state index in [4.69, 9.17) is 21.1 Å². The van der Waals surface area contributed by atoms with Gasteiger partial charge in [-0.05, 0) is 108 Å². The zero-order valence-electron chi connectivity index (χ0n) is 60.1. The largest absolute Gasteiger partial charge is 0.417 e. The molecule has 2 saturated heterocycles. The van der Waals surface area contributed by atoms with E-state index < -0.39 is 166 Å². The number of benzene rings is 1. The van der Waals surface area contributed by atoms with Crippen LogP contribution in [0.4, 0.5) is 13.2 Å². The molecule has 1 saturated carbocycles. The number of aliphatic hydroxyl groups is 1. The Kier molecular flexibility index (Phi) is 31.1. The molecule has 29 heteroatoms. The number of halogens is 4. The van der Waals surface area contributed by atoms with E-state index in [0.29, 0.717) is 32.1 Å². The SMILES string of the molecule is CCCOC[C@H]1C(=O)N(C)CC(=O)N[C@@H](CCc2ccc(C(F)(F)F)c(Cl)c2)C(=O)N(CCOCC(C)(C)O)CC(=O)NC2(CCCC2)C(=O)N(C)[C@@H]([C@@H](C)CC)C(=O)N(C)[C@H](C)CC(=O)N(C)[C@@H](CC(C)C)C(=O)N[C@@H]([C@@H](C)CC)C(=O)N(C)[C@@H](C)C(=O)N2CC[C@H]2C(=O)N1C. The molecular formula is C68H109ClF3N11O14. The summed E-state index contributed by atoms with van der Waals surface area (Å²) in [5.74, 6) is -8.57. The maximum Gasteiger partial charge on any atom is 0.417 e. The minimum Gasteiger partial charge on any atom is -0.388 e. The van der Waals surface area contributed by atoms with Crippen molar-refractivity contribution in [1.29, 1.82) is 0 Å². The summed E-state index contributed by atoms with van der Waals surface area (Å²) in [5.41, 5.74) is -3.80. The van der Waals surface area contributed by atoms with Crippen LogP contribution in [0.5, 0.6) is 0 Å². The first-order chi connectivity index (χ1) is 45.2. The number of amides is 11. The Hall–Kier alpha value is -6.65. The number of carbonyl (C=O) groups excluding carboxylic acids is 11. The summed E-state index contributed by atoms with van der Waals surface area (Å²) in [6.45, 7) is 16.6. The van der Waals surface area contributed by atoms with Gasteiger partial charge in [0, 0.05) is 74.4 Å². The van der Waals surface area contributed by atoms with Crippen LogP contribution < -0.4 is 16.0 Å². The summed E-state index contributed by atoms with van der Waals surface area (Å²) in [6, 6.07) is -6.38. The van der Waals surface area contributed by atoms with Gasteiger partial charge in [-0.1, -0.05) is 91.8 Å². The third kappa shape index (κ3) is 22.2. The Labute approximate surface area is 575 Å². The van der Waals surface area contributed by atoms with Crippen LogP contribution in [0.1, 0.15) is 158 Å². The van der Waals surface area contributed by atoms with Crippen molar-refractivity contribution in [2.45, 2.75) is 219 Å². The number of hydrogen-bond donors (Lipinski definition) is 4. The molecule has 3 fully saturated rings. The quantitative estimate of drug-likeness (QED) is 0.147. The molecule has 1 aromatic rings. The van der Waals surface area contributed by atoms with Crippen molar-refractivity contribution >= 4 is 76.6 Å². The molecule has 11 amide bonds. The number of ether oxygens (including phenoxy) is 2. The summed E-state index contributed by atoms with van der Waals surface area (Å²) in [7, 11) is 8.51. The first kappa shape index (κ1) is 82.8. The molecule has 2 heterocycles. The average Bonchev–Trinajstić information content (AvgIpc) is 1.51. The van der Waals surface area contributed by atoms with E-state index in [9.17, 15) is 61.4 Å². The lowest BCUT2D eigenvalue weighted by molar-refractivity contribution is -0.161. The molecule has 25 nitrogen and oxygen atoms in total. The molecule has 10 atom stereocenters. The monoisotopic (exact) mass is 1400 g/mol. The first-order valence-corrected chi connectivity index (χ1v) is 34.4. The summed E-state index contributed by atoms with van der Waals surface area (Å²) in [6.07, 6.45) is -2.53. The van der Waals surface area contributed by atoms with Gasteiger partial charge in [0.05, 0.1) is 49.1 Å². The molecular weight excluding hydrogens is 1290 g/mol. The Morgan fingerprint density at radius 1 is 0.711 bits per heavy atom. The van der Waals surface area contributed by atoms with Crippen LogP contribution in [0.25, 0.3) is 0 Å². The molecule has 3 aliphatic rings. The molecule has 1 spiro atoms. The summed E-state index contributed by atoms with van der Waals surface area (Å²) < 4.78 is 53.2. The second-order valence-corrected chi connectivity index (χ2v) is 28.3. The van der Waals surface area contributed by atoms with E-state index in [1.165, 1.54) is 93.6 Å². The van der Waals surface area contributed by atoms with E-state index in [-0.39, 0.29) is 95.9 Å². The van der Waals surface area contributed by atoms with Gasteiger partial charge in [-0.3, -0.25) is 52.7 Å². The molecule has 0 unspecified atom stereocenters. The topological polar surface area (TPSA) is 288 Å². The highest BCUT2D eigenvalue weighted by Gasteiger charge is 2.49. The van der Waals surface area contributed by atoms with E-state index in [1.807, 2.05) is 34.6 Å². The van der Waals surface area contributed by atoms with Crippen LogP contribution >= 0.6 is 11.6 Å². The fourth-order valence-electron chi connectivity index (χ4n) is 12.4. The van der Waals surface area contributed by atoms with Crippen LogP contribution in [0.2, 0.25) is 5.02 Å². The second-order valence-electron chi connectivity index (χ2n) is 27.9. The third-order valence-corrected chi connectivity index (χ3v) is 19.5. The average molecular weight is 1400 g/mol. The highest BCUT2D eigenvalue weighted by molar-refractivity contribution is 6.31. The van der Waals surface area contributed by atoms with E-state index in [1.54, 1.807) is 20.8 Å². The second kappa shape index (κ2) is 36.4. The lowest BCUT2D eigenvalue weighted by atomic mass is 9.90. The highest BCUT2D eigenvalue weighted by atomic mass is 35.5. The Morgan fingerprint density at radius 3 is 1.89 bits per heavy atom. The Balaban J connectivity index is 1.89. The summed E-state index contributed by atoms with van der Waals surface area (Å²) in [4.78, 5) is 172. The lowest BCUT2D eigenvalue weighted by Gasteiger charge is -2.45. The third-order valence-electron chi connectivity index (χ3n) is 19.2. The van der Waals surface area contributed by atoms with Crippen molar-refractivity contribution in [3.8, 4) is 0 Å². The predicted molar refractivity (Wildman–Crippen MR) is 358 cm³/mol. The number of nitrogens with zero attached hydrogens (tertiary/aromatic N) is 8. The fraction of sp³-hybridized carbons (Fsp3) is 0.750. The van der Waals surface area contributed by atoms with Crippen LogP contribution in [-0.4, -0.2) is 264 Å². The van der Waals surface area contributed by atoms with Crippen LogP contribution in [0.3, 0.4) is 0 Å². The zero-order chi connectivity index (χ0) is 73.4. The van der Waals surface area contributed by atoms with Crippen LogP contribution in [-0.2, 0) is 74.8 Å². The maximum absolute atomic E-state index is 15.3. The normalized spacial score (nSPS) is 25.4. The van der Waals surface area contributed by atoms with Gasteiger partial charge >= 0.3 is 6.18 Å². The number of nitrogens with one attached hydrogen (secondary N) is 3. The fourth-order valence-corrected chi connectivity index (χ4v) is 12.7. The van der Waals surface area contributed by atoms with Crippen molar-refractivity contribution in [3.63, 3.8) is 0 Å². The van der Waals surface area contributed by atoms with Gasteiger partial charge in [0.15, 0.2) is 0 Å². The van der Waals surface area contributed by atoms with Crippen LogP contribution in [0.15, 0.2) is 18.2 Å². The van der Waals surface area contributed by atoms with Crippen molar-refractivity contribution in [2.75, 3.05) is 94.9 Å². The number of alkyl halides is 3. The molecule has 0 bridgehead atoms. The molecule has 1 aliphatic carbocycles.